The van der Waals surface area contributed by atoms with E-state index >= 15 is 0 Å². The van der Waals surface area contributed by atoms with E-state index in [9.17, 15) is 0 Å². The van der Waals surface area contributed by atoms with Crippen LogP contribution >= 0.6 is 0 Å². The summed E-state index contributed by atoms with van der Waals surface area (Å²) in [6.07, 6.45) is 13.4. The Morgan fingerprint density at radius 3 is 2.79 bits per heavy atom. The van der Waals surface area contributed by atoms with Gasteiger partial charge >= 0.3 is 0 Å². The van der Waals surface area contributed by atoms with E-state index in [1.165, 1.54) is 50.1 Å². The lowest BCUT2D eigenvalue weighted by atomic mass is 9.88. The second-order valence-corrected chi connectivity index (χ2v) is 7.86. The summed E-state index contributed by atoms with van der Waals surface area (Å²) < 4.78 is 0. The largest absolute Gasteiger partial charge is 0.372 e. The molecule has 1 aromatic heterocycles. The predicted molar refractivity (Wildman–Crippen MR) is 125 cm³/mol. The number of para-hydroxylation sites is 1. The van der Waals surface area contributed by atoms with Crippen molar-refractivity contribution in [2.75, 3.05) is 19.0 Å². The fraction of sp³-hybridized carbons (Fsp3) is 0.231. The van der Waals surface area contributed by atoms with Gasteiger partial charge in [-0.05, 0) is 73.7 Å². The molecule has 29 heavy (non-hydrogen) atoms. The van der Waals surface area contributed by atoms with Crippen LogP contribution in [-0.4, -0.2) is 18.7 Å². The van der Waals surface area contributed by atoms with Crippen LogP contribution in [0.1, 0.15) is 41.6 Å². The van der Waals surface area contributed by atoms with E-state index < -0.39 is 0 Å². The molecule has 146 valence electrons. The highest BCUT2D eigenvalue weighted by atomic mass is 15.0. The molecule has 1 heterocycles. The third-order valence-electron chi connectivity index (χ3n) is 6.00. The summed E-state index contributed by atoms with van der Waals surface area (Å²) in [5.74, 6) is 0. The molecule has 3 heteroatoms. The van der Waals surface area contributed by atoms with Crippen LogP contribution in [0.2, 0.25) is 0 Å². The second kappa shape index (κ2) is 7.76. The predicted octanol–water partition coefficient (Wildman–Crippen LogP) is 5.98. The first-order valence-corrected chi connectivity index (χ1v) is 10.5. The van der Waals surface area contributed by atoms with Gasteiger partial charge in [0.25, 0.3) is 0 Å². The zero-order chi connectivity index (χ0) is 19.6. The number of rotatable bonds is 5. The van der Waals surface area contributed by atoms with Gasteiger partial charge in [0.2, 0.25) is 0 Å². The zero-order valence-corrected chi connectivity index (χ0v) is 16.9. The molecule has 0 saturated heterocycles. The van der Waals surface area contributed by atoms with Crippen molar-refractivity contribution < 1.29 is 0 Å². The van der Waals surface area contributed by atoms with E-state index in [0.717, 1.165) is 32.4 Å². The van der Waals surface area contributed by atoms with Crippen molar-refractivity contribution in [3.8, 4) is 0 Å². The van der Waals surface area contributed by atoms with Gasteiger partial charge in [-0.1, -0.05) is 42.5 Å². The highest BCUT2D eigenvalue weighted by Crippen LogP contribution is 2.37. The van der Waals surface area contributed by atoms with E-state index in [1.54, 1.807) is 0 Å². The number of benzene rings is 2. The Hall–Kier alpha value is -3.04. The zero-order valence-electron chi connectivity index (χ0n) is 16.9. The number of hydrogen-bond donors (Lipinski definition) is 3. The smallest absolute Gasteiger partial charge is 0.0650 e. The molecule has 5 rings (SSSR count). The van der Waals surface area contributed by atoms with E-state index in [2.05, 4.69) is 82.4 Å². The molecule has 0 radical (unpaired) electrons. The molecule has 0 aliphatic heterocycles. The minimum atomic E-state index is 0.761. The fourth-order valence-corrected chi connectivity index (χ4v) is 4.49. The van der Waals surface area contributed by atoms with Crippen LogP contribution in [0.25, 0.3) is 28.1 Å². The third-order valence-corrected chi connectivity index (χ3v) is 6.00. The van der Waals surface area contributed by atoms with Gasteiger partial charge in [0.15, 0.2) is 0 Å². The van der Waals surface area contributed by atoms with Crippen molar-refractivity contribution in [3.05, 3.63) is 83.1 Å². The summed E-state index contributed by atoms with van der Waals surface area (Å²) in [6, 6.07) is 15.5. The van der Waals surface area contributed by atoms with Gasteiger partial charge in [-0.2, -0.15) is 0 Å². The Kier molecular flexibility index (Phi) is 4.82. The number of nitrogens with one attached hydrogen (secondary N) is 3. The normalized spacial score (nSPS) is 15.8. The molecule has 2 aliphatic rings. The van der Waals surface area contributed by atoms with Crippen molar-refractivity contribution in [2.24, 2.45) is 0 Å². The molecule has 3 nitrogen and oxygen atoms in total. The second-order valence-electron chi connectivity index (χ2n) is 7.86. The number of H-pyrrole nitrogens is 1. The van der Waals surface area contributed by atoms with Gasteiger partial charge in [-0.3, -0.25) is 0 Å². The first-order chi connectivity index (χ1) is 14.3. The number of anilines is 1. The van der Waals surface area contributed by atoms with Crippen LogP contribution in [0.5, 0.6) is 0 Å². The third kappa shape index (κ3) is 3.43. The molecule has 0 amide bonds. The molecule has 0 atom stereocenters. The van der Waals surface area contributed by atoms with Gasteiger partial charge in [0, 0.05) is 33.4 Å². The lowest BCUT2D eigenvalue weighted by Crippen LogP contribution is -2.17. The van der Waals surface area contributed by atoms with Crippen LogP contribution in [0, 0.1) is 0 Å². The van der Waals surface area contributed by atoms with E-state index in [-0.39, 0.29) is 0 Å². The average molecular weight is 382 g/mol. The van der Waals surface area contributed by atoms with Gasteiger partial charge in [0.1, 0.15) is 0 Å². The van der Waals surface area contributed by atoms with Crippen LogP contribution in [0.15, 0.2) is 60.7 Å². The molecule has 2 aliphatic carbocycles. The Morgan fingerprint density at radius 2 is 1.93 bits per heavy atom. The highest BCUT2D eigenvalue weighted by Gasteiger charge is 2.18. The quantitative estimate of drug-likeness (QED) is 0.476. The molecule has 0 spiro atoms. The Bertz CT molecular complexity index is 1140. The first-order valence-electron chi connectivity index (χ1n) is 10.5. The molecule has 0 unspecified atom stereocenters. The van der Waals surface area contributed by atoms with Crippen molar-refractivity contribution in [2.45, 2.75) is 25.7 Å². The summed E-state index contributed by atoms with van der Waals surface area (Å²) in [5, 5.41) is 8.04. The summed E-state index contributed by atoms with van der Waals surface area (Å²) in [7, 11) is 1.97. The van der Waals surface area contributed by atoms with Gasteiger partial charge < -0.3 is 15.6 Å². The van der Waals surface area contributed by atoms with Crippen LogP contribution < -0.4 is 10.6 Å². The van der Waals surface area contributed by atoms with Crippen LogP contribution in [0.4, 0.5) is 5.69 Å². The Labute approximate surface area is 172 Å². The van der Waals surface area contributed by atoms with Crippen molar-refractivity contribution in [1.29, 1.82) is 0 Å². The standard InChI is InChI=1S/C26H27N3/c1-27-17-28-24-13-11-19(15-22(24)18-7-3-2-4-8-18)20-12-14-26-23(16-20)21-9-5-6-10-25(21)29-26/h2-3,5-7,9-11,13,15-16,27-29H,4,8,12,14,17H2,1H3. The molecule has 3 aromatic rings. The summed E-state index contributed by atoms with van der Waals surface area (Å²) in [4.78, 5) is 3.61. The molecule has 0 bridgehead atoms. The minimum Gasteiger partial charge on any atom is -0.372 e. The van der Waals surface area contributed by atoms with Crippen molar-refractivity contribution >= 4 is 33.8 Å². The fourth-order valence-electron chi connectivity index (χ4n) is 4.49. The number of aromatic nitrogens is 1. The van der Waals surface area contributed by atoms with Gasteiger partial charge in [0.05, 0.1) is 6.67 Å². The summed E-state index contributed by atoms with van der Waals surface area (Å²) in [6.45, 7) is 0.761. The number of aryl methyl sites for hydroxylation is 1. The maximum Gasteiger partial charge on any atom is 0.0650 e. The van der Waals surface area contributed by atoms with E-state index in [4.69, 9.17) is 0 Å². The Morgan fingerprint density at radius 1 is 1.00 bits per heavy atom. The summed E-state index contributed by atoms with van der Waals surface area (Å²) in [5.41, 5.74) is 10.7. The van der Waals surface area contributed by atoms with Crippen molar-refractivity contribution in [3.63, 3.8) is 0 Å². The minimum absolute atomic E-state index is 0.761. The van der Waals surface area contributed by atoms with E-state index in [0.29, 0.717) is 0 Å². The number of allylic oxidation sites excluding steroid dienone is 5. The highest BCUT2D eigenvalue weighted by molar-refractivity contribution is 5.97. The van der Waals surface area contributed by atoms with Crippen molar-refractivity contribution in [1.82, 2.24) is 10.3 Å². The number of hydrogen-bond acceptors (Lipinski definition) is 2. The molecule has 2 aromatic carbocycles. The maximum atomic E-state index is 3.61. The number of aromatic amines is 1. The topological polar surface area (TPSA) is 39.8 Å². The lowest BCUT2D eigenvalue weighted by molar-refractivity contribution is 0.873. The van der Waals surface area contributed by atoms with E-state index in [1.807, 2.05) is 7.05 Å². The van der Waals surface area contributed by atoms with Crippen LogP contribution in [0.3, 0.4) is 0 Å². The number of fused-ring (bicyclic) bond motifs is 3. The monoisotopic (exact) mass is 381 g/mol. The molecule has 3 N–H and O–H groups in total. The lowest BCUT2D eigenvalue weighted by Gasteiger charge is -2.20. The maximum absolute atomic E-state index is 3.61. The Balaban J connectivity index is 1.57. The van der Waals surface area contributed by atoms with Crippen LogP contribution in [-0.2, 0) is 6.42 Å². The summed E-state index contributed by atoms with van der Waals surface area (Å²) >= 11 is 0. The molecule has 0 saturated carbocycles. The van der Waals surface area contributed by atoms with Gasteiger partial charge in [-0.15, -0.1) is 0 Å². The SMILES string of the molecule is CNCNc1ccc(C2=Cc3c([nH]c4ccccc34)CC2)cc1C1=CC=CCC1. The molecular formula is C26H27N3. The average Bonchev–Trinajstić information content (AvgIpc) is 3.16. The van der Waals surface area contributed by atoms with Gasteiger partial charge in [-0.25, -0.2) is 0 Å². The first kappa shape index (κ1) is 18.0. The molecular weight excluding hydrogens is 354 g/mol. The molecule has 0 fully saturated rings.